The lowest BCUT2D eigenvalue weighted by Gasteiger charge is -2.31. The Morgan fingerprint density at radius 2 is 1.67 bits per heavy atom. The van der Waals surface area contributed by atoms with Gasteiger partial charge in [0.05, 0.1) is 13.5 Å². The number of nitrogens with zero attached hydrogens (tertiary/aromatic N) is 1. The summed E-state index contributed by atoms with van der Waals surface area (Å²) in [4.78, 5) is 38.7. The van der Waals surface area contributed by atoms with E-state index < -0.39 is 0 Å². The topological polar surface area (TPSA) is 87.7 Å². The number of ether oxygens (including phenoxy) is 1. The molecular weight excluding hydrogens is 418 g/mol. The number of methoxy groups -OCH3 is 1. The van der Waals surface area contributed by atoms with Crippen molar-refractivity contribution in [3.63, 3.8) is 0 Å². The normalized spacial score (nSPS) is 13.8. The number of nitrogens with one attached hydrogen (secondary N) is 2. The van der Waals surface area contributed by atoms with Gasteiger partial charge in [-0.05, 0) is 47.7 Å². The molecule has 3 amide bonds. The van der Waals surface area contributed by atoms with Crippen molar-refractivity contribution in [1.82, 2.24) is 15.5 Å². The van der Waals surface area contributed by atoms with Crippen LogP contribution in [0.5, 0.6) is 5.75 Å². The number of hydrogen-bond acceptors (Lipinski definition) is 4. The molecule has 1 heterocycles. The first-order valence-electron chi connectivity index (χ1n) is 11.2. The lowest BCUT2D eigenvalue weighted by Crippen LogP contribution is -2.43. The summed E-state index contributed by atoms with van der Waals surface area (Å²) < 4.78 is 5.15. The van der Waals surface area contributed by atoms with Crippen molar-refractivity contribution >= 4 is 17.7 Å². The zero-order valence-electron chi connectivity index (χ0n) is 19.0. The average molecular weight is 450 g/mol. The number of carbonyl (C=O) groups is 3. The Morgan fingerprint density at radius 1 is 1.00 bits per heavy atom. The van der Waals surface area contributed by atoms with Gasteiger partial charge in [-0.25, -0.2) is 0 Å². The first kappa shape index (κ1) is 24.0. The van der Waals surface area contributed by atoms with Crippen molar-refractivity contribution in [3.8, 4) is 5.75 Å². The number of benzene rings is 2. The Kier molecular flexibility index (Phi) is 8.63. The second kappa shape index (κ2) is 11.9. The van der Waals surface area contributed by atoms with Crippen LogP contribution in [0.3, 0.4) is 0 Å². The third-order valence-corrected chi connectivity index (χ3v) is 5.94. The molecule has 0 radical (unpaired) electrons. The summed E-state index contributed by atoms with van der Waals surface area (Å²) in [5.41, 5.74) is 2.82. The average Bonchev–Trinajstić information content (AvgIpc) is 2.86. The zero-order valence-corrected chi connectivity index (χ0v) is 19.0. The minimum Gasteiger partial charge on any atom is -0.497 e. The van der Waals surface area contributed by atoms with Crippen LogP contribution in [-0.2, 0) is 33.9 Å². The molecule has 7 heteroatoms. The van der Waals surface area contributed by atoms with E-state index in [0.29, 0.717) is 39.0 Å². The molecular formula is C26H31N3O4. The van der Waals surface area contributed by atoms with Crippen molar-refractivity contribution < 1.29 is 19.1 Å². The lowest BCUT2D eigenvalue weighted by atomic mass is 9.95. The van der Waals surface area contributed by atoms with Crippen LogP contribution >= 0.6 is 0 Å². The number of carbonyl (C=O) groups excluding carboxylic acids is 3. The fourth-order valence-electron chi connectivity index (χ4n) is 3.90. The molecule has 0 spiro atoms. The van der Waals surface area contributed by atoms with Gasteiger partial charge in [0.15, 0.2) is 0 Å². The largest absolute Gasteiger partial charge is 0.497 e. The van der Waals surface area contributed by atoms with Crippen LogP contribution in [0, 0.1) is 5.92 Å². The molecule has 33 heavy (non-hydrogen) atoms. The standard InChI is InChI=1S/C26H31N3O4/c1-3-24(30)27-18-22-7-5-4-6-21(22)16-25(31)29-14-12-20(13-15-29)26(32)28-17-19-8-10-23(33-2)11-9-19/h3-11,20H,1,12-18H2,2H3,(H,27,30)(H,28,32). The molecule has 0 bridgehead atoms. The second-order valence-corrected chi connectivity index (χ2v) is 8.09. The van der Waals surface area contributed by atoms with Gasteiger partial charge < -0.3 is 20.3 Å². The van der Waals surface area contributed by atoms with E-state index in [1.807, 2.05) is 53.4 Å². The van der Waals surface area contributed by atoms with E-state index in [4.69, 9.17) is 4.74 Å². The Morgan fingerprint density at radius 3 is 2.30 bits per heavy atom. The Balaban J connectivity index is 1.46. The summed E-state index contributed by atoms with van der Waals surface area (Å²) in [5, 5.41) is 5.76. The monoisotopic (exact) mass is 449 g/mol. The summed E-state index contributed by atoms with van der Waals surface area (Å²) in [6.07, 6.45) is 2.80. The first-order chi connectivity index (χ1) is 16.0. The summed E-state index contributed by atoms with van der Waals surface area (Å²) >= 11 is 0. The molecule has 0 aromatic heterocycles. The van der Waals surface area contributed by atoms with Gasteiger partial charge in [0.1, 0.15) is 5.75 Å². The smallest absolute Gasteiger partial charge is 0.243 e. The van der Waals surface area contributed by atoms with Crippen LogP contribution < -0.4 is 15.4 Å². The summed E-state index contributed by atoms with van der Waals surface area (Å²) in [5.74, 6) is 0.513. The molecule has 7 nitrogen and oxygen atoms in total. The number of hydrogen-bond donors (Lipinski definition) is 2. The van der Waals surface area contributed by atoms with Crippen molar-refractivity contribution in [1.29, 1.82) is 0 Å². The van der Waals surface area contributed by atoms with Crippen molar-refractivity contribution in [2.75, 3.05) is 20.2 Å². The van der Waals surface area contributed by atoms with E-state index in [0.717, 1.165) is 22.4 Å². The number of likely N-dealkylation sites (tertiary alicyclic amines) is 1. The predicted molar refractivity (Wildman–Crippen MR) is 126 cm³/mol. The van der Waals surface area contributed by atoms with Crippen LogP contribution in [-0.4, -0.2) is 42.8 Å². The van der Waals surface area contributed by atoms with Crippen molar-refractivity contribution in [2.24, 2.45) is 5.92 Å². The Bertz CT molecular complexity index is 979. The highest BCUT2D eigenvalue weighted by atomic mass is 16.5. The predicted octanol–water partition coefficient (Wildman–Crippen LogP) is 2.59. The number of amides is 3. The summed E-state index contributed by atoms with van der Waals surface area (Å²) in [6.45, 7) is 5.40. The van der Waals surface area contributed by atoms with Crippen LogP contribution in [0.1, 0.15) is 29.5 Å². The van der Waals surface area contributed by atoms with Crippen LogP contribution in [0.15, 0.2) is 61.2 Å². The summed E-state index contributed by atoms with van der Waals surface area (Å²) in [7, 11) is 1.62. The molecule has 0 aliphatic carbocycles. The highest BCUT2D eigenvalue weighted by Crippen LogP contribution is 2.20. The van der Waals surface area contributed by atoms with Gasteiger partial charge >= 0.3 is 0 Å². The van der Waals surface area contributed by atoms with Gasteiger partial charge in [-0.15, -0.1) is 0 Å². The van der Waals surface area contributed by atoms with Gasteiger partial charge in [0.2, 0.25) is 17.7 Å². The van der Waals surface area contributed by atoms with Crippen LogP contribution in [0.2, 0.25) is 0 Å². The zero-order chi connectivity index (χ0) is 23.6. The van der Waals surface area contributed by atoms with Crippen molar-refractivity contribution in [2.45, 2.75) is 32.4 Å². The maximum Gasteiger partial charge on any atom is 0.243 e. The molecule has 1 fully saturated rings. The fourth-order valence-corrected chi connectivity index (χ4v) is 3.90. The summed E-state index contributed by atoms with van der Waals surface area (Å²) in [6, 6.07) is 15.2. The Labute approximate surface area is 194 Å². The first-order valence-corrected chi connectivity index (χ1v) is 11.2. The van der Waals surface area contributed by atoms with Gasteiger partial charge in [-0.3, -0.25) is 14.4 Å². The molecule has 1 aliphatic rings. The molecule has 0 unspecified atom stereocenters. The molecule has 2 aromatic rings. The molecule has 0 saturated carbocycles. The number of piperidine rings is 1. The molecule has 174 valence electrons. The van der Waals surface area contributed by atoms with Gasteiger partial charge in [0.25, 0.3) is 0 Å². The van der Waals surface area contributed by atoms with Gasteiger partial charge in [-0.2, -0.15) is 0 Å². The Hall–Kier alpha value is -3.61. The fraction of sp³-hybridized carbons (Fsp3) is 0.346. The van der Waals surface area contributed by atoms with E-state index in [1.54, 1.807) is 7.11 Å². The van der Waals surface area contributed by atoms with Crippen LogP contribution in [0.25, 0.3) is 0 Å². The minimum atomic E-state index is -0.247. The van der Waals surface area contributed by atoms with Crippen molar-refractivity contribution in [3.05, 3.63) is 77.9 Å². The molecule has 2 aromatic carbocycles. The molecule has 1 saturated heterocycles. The van der Waals surface area contributed by atoms with Crippen LogP contribution in [0.4, 0.5) is 0 Å². The molecule has 2 N–H and O–H groups in total. The maximum atomic E-state index is 12.9. The quantitative estimate of drug-likeness (QED) is 0.576. The van der Waals surface area contributed by atoms with Gasteiger partial charge in [-0.1, -0.05) is 43.0 Å². The lowest BCUT2D eigenvalue weighted by molar-refractivity contribution is -0.135. The molecule has 0 atom stereocenters. The second-order valence-electron chi connectivity index (χ2n) is 8.09. The minimum absolute atomic E-state index is 0.0289. The van der Waals surface area contributed by atoms with Gasteiger partial charge in [0, 0.05) is 32.1 Å². The maximum absolute atomic E-state index is 12.9. The number of rotatable bonds is 9. The highest BCUT2D eigenvalue weighted by molar-refractivity contribution is 5.87. The highest BCUT2D eigenvalue weighted by Gasteiger charge is 2.27. The third-order valence-electron chi connectivity index (χ3n) is 5.94. The van der Waals surface area contributed by atoms with E-state index in [-0.39, 0.29) is 30.1 Å². The molecule has 1 aliphatic heterocycles. The SMILES string of the molecule is C=CC(=O)NCc1ccccc1CC(=O)N1CCC(C(=O)NCc2ccc(OC)cc2)CC1. The third kappa shape index (κ3) is 6.94. The van der Waals surface area contributed by atoms with E-state index in [9.17, 15) is 14.4 Å². The molecule has 3 rings (SSSR count). The van der Waals surface area contributed by atoms with E-state index in [2.05, 4.69) is 17.2 Å². The van der Waals surface area contributed by atoms with E-state index in [1.165, 1.54) is 6.08 Å². The van der Waals surface area contributed by atoms with E-state index >= 15 is 0 Å².